The highest BCUT2D eigenvalue weighted by Crippen LogP contribution is 2.10. The molecule has 7 heteroatoms. The van der Waals surface area contributed by atoms with Crippen LogP contribution in [0, 0.1) is 11.3 Å². The Morgan fingerprint density at radius 3 is 2.87 bits per heavy atom. The van der Waals surface area contributed by atoms with Gasteiger partial charge in [-0.3, -0.25) is 9.59 Å². The van der Waals surface area contributed by atoms with Gasteiger partial charge in [0.05, 0.1) is 30.2 Å². The number of furan rings is 1. The molecule has 1 N–H and O–H groups in total. The topological polar surface area (TPSA) is 86.3 Å². The standard InChI is InChI=1S/C16H17N3O3S/c1-12(18-15(20)14-6-3-10-23-14)16(21)19(8-4-7-17)11-13-5-2-9-22-13/h2-3,5-6,9-10,12H,4,8,11H2,1H3,(H,18,20). The second-order valence-corrected chi connectivity index (χ2v) is 5.87. The molecule has 0 fully saturated rings. The lowest BCUT2D eigenvalue weighted by molar-refractivity contribution is -0.133. The van der Waals surface area contributed by atoms with E-state index in [1.165, 1.54) is 22.5 Å². The van der Waals surface area contributed by atoms with Crippen molar-refractivity contribution >= 4 is 23.2 Å². The van der Waals surface area contributed by atoms with Crippen molar-refractivity contribution in [1.82, 2.24) is 10.2 Å². The van der Waals surface area contributed by atoms with Gasteiger partial charge in [0.2, 0.25) is 5.91 Å². The first kappa shape index (κ1) is 16.8. The van der Waals surface area contributed by atoms with E-state index in [0.29, 0.717) is 10.6 Å². The normalized spacial score (nSPS) is 11.5. The number of thiophene rings is 1. The Hall–Kier alpha value is -2.59. The van der Waals surface area contributed by atoms with Crippen LogP contribution in [-0.4, -0.2) is 29.3 Å². The minimum absolute atomic E-state index is 0.220. The number of nitrogens with zero attached hydrogens (tertiary/aromatic N) is 2. The summed E-state index contributed by atoms with van der Waals surface area (Å²) in [5.74, 6) is 0.105. The third-order valence-corrected chi connectivity index (χ3v) is 4.06. The van der Waals surface area contributed by atoms with Crippen LogP contribution in [0.15, 0.2) is 40.3 Å². The fourth-order valence-corrected chi connectivity index (χ4v) is 2.68. The molecule has 2 heterocycles. The van der Waals surface area contributed by atoms with Crippen molar-refractivity contribution in [3.8, 4) is 6.07 Å². The van der Waals surface area contributed by atoms with E-state index in [1.54, 1.807) is 36.6 Å². The Morgan fingerprint density at radius 1 is 1.43 bits per heavy atom. The first-order valence-electron chi connectivity index (χ1n) is 7.14. The van der Waals surface area contributed by atoms with Crippen LogP contribution in [0.3, 0.4) is 0 Å². The average Bonchev–Trinajstić information content (AvgIpc) is 3.23. The SMILES string of the molecule is CC(NC(=O)c1cccs1)C(=O)N(CCC#N)Cc1ccco1. The van der Waals surface area contributed by atoms with Crippen molar-refractivity contribution in [1.29, 1.82) is 5.26 Å². The third-order valence-electron chi connectivity index (χ3n) is 3.19. The molecule has 120 valence electrons. The molecule has 23 heavy (non-hydrogen) atoms. The van der Waals surface area contributed by atoms with Gasteiger partial charge in [-0.1, -0.05) is 6.07 Å². The van der Waals surface area contributed by atoms with Gasteiger partial charge in [-0.15, -0.1) is 11.3 Å². The van der Waals surface area contributed by atoms with Crippen LogP contribution in [0.2, 0.25) is 0 Å². The van der Waals surface area contributed by atoms with E-state index in [2.05, 4.69) is 5.32 Å². The molecule has 0 radical (unpaired) electrons. The second kappa shape index (κ2) is 8.15. The van der Waals surface area contributed by atoms with Crippen LogP contribution in [0.4, 0.5) is 0 Å². The van der Waals surface area contributed by atoms with Gasteiger partial charge in [-0.05, 0) is 30.5 Å². The molecule has 0 aromatic carbocycles. The van der Waals surface area contributed by atoms with E-state index in [-0.39, 0.29) is 31.3 Å². The Kier molecular flexibility index (Phi) is 5.94. The van der Waals surface area contributed by atoms with Crippen LogP contribution in [-0.2, 0) is 11.3 Å². The quantitative estimate of drug-likeness (QED) is 0.844. The van der Waals surface area contributed by atoms with E-state index in [1.807, 2.05) is 6.07 Å². The molecule has 6 nitrogen and oxygen atoms in total. The van der Waals surface area contributed by atoms with Crippen molar-refractivity contribution in [3.63, 3.8) is 0 Å². The summed E-state index contributed by atoms with van der Waals surface area (Å²) in [5.41, 5.74) is 0. The molecule has 0 aliphatic rings. The number of rotatable bonds is 7. The molecule has 1 unspecified atom stereocenters. The number of nitrogens with one attached hydrogen (secondary N) is 1. The molecule has 1 atom stereocenters. The molecule has 2 rings (SSSR count). The lowest BCUT2D eigenvalue weighted by atomic mass is 10.2. The molecule has 2 aromatic rings. The fourth-order valence-electron chi connectivity index (χ4n) is 2.05. The Balaban J connectivity index is 2.00. The van der Waals surface area contributed by atoms with Gasteiger partial charge < -0.3 is 14.6 Å². The highest BCUT2D eigenvalue weighted by Gasteiger charge is 2.23. The van der Waals surface area contributed by atoms with Crippen molar-refractivity contribution in [2.24, 2.45) is 0 Å². The molecule has 2 aromatic heterocycles. The van der Waals surface area contributed by atoms with Gasteiger partial charge in [-0.2, -0.15) is 5.26 Å². The van der Waals surface area contributed by atoms with Gasteiger partial charge in [-0.25, -0.2) is 0 Å². The molecular weight excluding hydrogens is 314 g/mol. The predicted molar refractivity (Wildman–Crippen MR) is 85.6 cm³/mol. The molecule has 0 spiro atoms. The van der Waals surface area contributed by atoms with E-state index >= 15 is 0 Å². The van der Waals surface area contributed by atoms with Gasteiger partial charge in [0.25, 0.3) is 5.91 Å². The predicted octanol–water partition coefficient (Wildman–Crippen LogP) is 2.40. The molecule has 0 bridgehead atoms. The lowest BCUT2D eigenvalue weighted by Crippen LogP contribution is -2.46. The number of carbonyl (C=O) groups is 2. The zero-order chi connectivity index (χ0) is 16.7. The maximum absolute atomic E-state index is 12.5. The van der Waals surface area contributed by atoms with Crippen LogP contribution in [0.5, 0.6) is 0 Å². The third kappa shape index (κ3) is 4.69. The van der Waals surface area contributed by atoms with Gasteiger partial charge in [0.1, 0.15) is 11.8 Å². The molecular formula is C16H17N3O3S. The van der Waals surface area contributed by atoms with Gasteiger partial charge in [0, 0.05) is 6.54 Å². The molecule has 0 aliphatic carbocycles. The van der Waals surface area contributed by atoms with Gasteiger partial charge >= 0.3 is 0 Å². The molecule has 2 amide bonds. The monoisotopic (exact) mass is 331 g/mol. The van der Waals surface area contributed by atoms with Crippen LogP contribution in [0.1, 0.15) is 28.8 Å². The number of hydrogen-bond acceptors (Lipinski definition) is 5. The van der Waals surface area contributed by atoms with Crippen molar-refractivity contribution in [2.75, 3.05) is 6.54 Å². The minimum Gasteiger partial charge on any atom is -0.467 e. The Labute approximate surface area is 138 Å². The van der Waals surface area contributed by atoms with Crippen LogP contribution in [0.25, 0.3) is 0 Å². The Morgan fingerprint density at radius 2 is 2.26 bits per heavy atom. The molecule has 0 saturated carbocycles. The largest absolute Gasteiger partial charge is 0.467 e. The number of nitriles is 1. The summed E-state index contributed by atoms with van der Waals surface area (Å²) < 4.78 is 5.25. The smallest absolute Gasteiger partial charge is 0.261 e. The van der Waals surface area contributed by atoms with E-state index < -0.39 is 6.04 Å². The van der Waals surface area contributed by atoms with Gasteiger partial charge in [0.15, 0.2) is 0 Å². The van der Waals surface area contributed by atoms with E-state index in [0.717, 1.165) is 0 Å². The minimum atomic E-state index is -0.682. The van der Waals surface area contributed by atoms with Crippen LogP contribution >= 0.6 is 11.3 Å². The second-order valence-electron chi connectivity index (χ2n) is 4.92. The van der Waals surface area contributed by atoms with E-state index in [4.69, 9.17) is 9.68 Å². The maximum Gasteiger partial charge on any atom is 0.261 e. The highest BCUT2D eigenvalue weighted by atomic mass is 32.1. The summed E-state index contributed by atoms with van der Waals surface area (Å²) in [6.45, 7) is 2.19. The summed E-state index contributed by atoms with van der Waals surface area (Å²) >= 11 is 1.32. The zero-order valence-electron chi connectivity index (χ0n) is 12.7. The highest BCUT2D eigenvalue weighted by molar-refractivity contribution is 7.12. The van der Waals surface area contributed by atoms with Crippen molar-refractivity contribution in [3.05, 3.63) is 46.5 Å². The average molecular weight is 331 g/mol. The summed E-state index contributed by atoms with van der Waals surface area (Å²) in [4.78, 5) is 26.6. The van der Waals surface area contributed by atoms with Crippen molar-refractivity contribution < 1.29 is 14.0 Å². The number of carbonyl (C=O) groups excluding carboxylic acids is 2. The maximum atomic E-state index is 12.5. The number of amides is 2. The molecule has 0 saturated heterocycles. The van der Waals surface area contributed by atoms with Crippen molar-refractivity contribution in [2.45, 2.75) is 25.9 Å². The Bertz CT molecular complexity index is 674. The summed E-state index contributed by atoms with van der Waals surface area (Å²) in [5, 5.41) is 13.2. The van der Waals surface area contributed by atoms with E-state index in [9.17, 15) is 9.59 Å². The van der Waals surface area contributed by atoms with Crippen LogP contribution < -0.4 is 5.32 Å². The number of hydrogen-bond donors (Lipinski definition) is 1. The summed E-state index contributed by atoms with van der Waals surface area (Å²) in [6, 6.07) is 8.33. The fraction of sp³-hybridized carbons (Fsp3) is 0.312. The summed E-state index contributed by atoms with van der Waals surface area (Å²) in [7, 11) is 0. The molecule has 0 aliphatic heterocycles. The first-order valence-corrected chi connectivity index (χ1v) is 8.02. The first-order chi connectivity index (χ1) is 11.1. The summed E-state index contributed by atoms with van der Waals surface area (Å²) in [6.07, 6.45) is 1.75. The lowest BCUT2D eigenvalue weighted by Gasteiger charge is -2.24. The zero-order valence-corrected chi connectivity index (χ0v) is 13.5.